The quantitative estimate of drug-likeness (QED) is 0.562. The summed E-state index contributed by atoms with van der Waals surface area (Å²) >= 11 is 0. The van der Waals surface area contributed by atoms with Crippen molar-refractivity contribution < 1.29 is 0 Å². The molecule has 2 aliphatic heterocycles. The van der Waals surface area contributed by atoms with Gasteiger partial charge in [-0.2, -0.15) is 10.2 Å². The number of hydrogen-bond donors (Lipinski definition) is 0. The van der Waals surface area contributed by atoms with Crippen LogP contribution >= 0.6 is 0 Å². The molecule has 1 fully saturated rings. The number of likely N-dealkylation sites (N-methyl/N-ethyl adjacent to an activating group) is 1. The zero-order chi connectivity index (χ0) is 21.8. The van der Waals surface area contributed by atoms with E-state index in [1.165, 1.54) is 11.1 Å². The number of benzene rings is 3. The third-order valence-electron chi connectivity index (χ3n) is 6.21. The molecular formula is C27H29N5. The van der Waals surface area contributed by atoms with Gasteiger partial charge in [0.1, 0.15) is 0 Å². The highest BCUT2D eigenvalue weighted by Gasteiger charge is 2.29. The van der Waals surface area contributed by atoms with Gasteiger partial charge in [-0.15, -0.1) is 0 Å². The summed E-state index contributed by atoms with van der Waals surface area (Å²) in [5.74, 6) is 0. The van der Waals surface area contributed by atoms with Crippen LogP contribution in [0.2, 0.25) is 0 Å². The van der Waals surface area contributed by atoms with E-state index in [0.717, 1.165) is 49.6 Å². The molecule has 0 aromatic heterocycles. The minimum absolute atomic E-state index is 0.191. The smallest absolute Gasteiger partial charge is 0.0831 e. The van der Waals surface area contributed by atoms with Gasteiger partial charge in [0.2, 0.25) is 0 Å². The van der Waals surface area contributed by atoms with Crippen LogP contribution in [-0.2, 0) is 0 Å². The lowest BCUT2D eigenvalue weighted by atomic mass is 9.98. The molecular weight excluding hydrogens is 394 g/mol. The summed E-state index contributed by atoms with van der Waals surface area (Å²) in [6.45, 7) is 4.09. The fraction of sp³-hybridized carbons (Fsp3) is 0.259. The van der Waals surface area contributed by atoms with Crippen molar-refractivity contribution in [3.63, 3.8) is 0 Å². The van der Waals surface area contributed by atoms with Crippen LogP contribution < -0.4 is 5.01 Å². The summed E-state index contributed by atoms with van der Waals surface area (Å²) in [7, 11) is 2.16. The van der Waals surface area contributed by atoms with Gasteiger partial charge < -0.3 is 4.90 Å². The Bertz CT molecular complexity index is 1070. The van der Waals surface area contributed by atoms with E-state index in [9.17, 15) is 0 Å². The summed E-state index contributed by atoms with van der Waals surface area (Å²) in [6.07, 6.45) is 2.85. The van der Waals surface area contributed by atoms with Crippen molar-refractivity contribution in [2.45, 2.75) is 12.5 Å². The Balaban J connectivity index is 1.37. The molecule has 5 rings (SSSR count). The van der Waals surface area contributed by atoms with Gasteiger partial charge in [0, 0.05) is 32.6 Å². The Morgan fingerprint density at radius 1 is 0.812 bits per heavy atom. The number of anilines is 1. The van der Waals surface area contributed by atoms with Gasteiger partial charge in [0.15, 0.2) is 0 Å². The van der Waals surface area contributed by atoms with Crippen LogP contribution in [0.4, 0.5) is 5.69 Å². The number of nitrogens with zero attached hydrogens (tertiary/aromatic N) is 5. The molecule has 0 radical (unpaired) electrons. The van der Waals surface area contributed by atoms with E-state index in [2.05, 4.69) is 106 Å². The van der Waals surface area contributed by atoms with Crippen LogP contribution in [0.5, 0.6) is 0 Å². The number of hydrogen-bond acceptors (Lipinski definition) is 5. The van der Waals surface area contributed by atoms with Crippen molar-refractivity contribution in [3.8, 4) is 0 Å². The number of rotatable bonds is 5. The summed E-state index contributed by atoms with van der Waals surface area (Å²) in [5.41, 5.74) is 5.80. The van der Waals surface area contributed by atoms with E-state index in [1.807, 2.05) is 12.3 Å². The minimum atomic E-state index is 0.191. The average molecular weight is 424 g/mol. The Kier molecular flexibility index (Phi) is 5.99. The topological polar surface area (TPSA) is 34.4 Å². The molecule has 32 heavy (non-hydrogen) atoms. The second-order valence-corrected chi connectivity index (χ2v) is 8.48. The maximum Gasteiger partial charge on any atom is 0.0831 e. The third kappa shape index (κ3) is 4.58. The molecule has 0 amide bonds. The average Bonchev–Trinajstić information content (AvgIpc) is 3.31. The Morgan fingerprint density at radius 2 is 1.47 bits per heavy atom. The van der Waals surface area contributed by atoms with Crippen molar-refractivity contribution in [1.82, 2.24) is 9.91 Å². The predicted octanol–water partition coefficient (Wildman–Crippen LogP) is 4.62. The molecule has 1 atom stereocenters. The van der Waals surface area contributed by atoms with Crippen LogP contribution in [-0.4, -0.2) is 55.1 Å². The van der Waals surface area contributed by atoms with Gasteiger partial charge in [-0.3, -0.25) is 10.0 Å². The van der Waals surface area contributed by atoms with Gasteiger partial charge in [0.05, 0.1) is 23.7 Å². The fourth-order valence-electron chi connectivity index (χ4n) is 4.26. The first-order chi connectivity index (χ1) is 15.8. The zero-order valence-electron chi connectivity index (χ0n) is 18.5. The lowest BCUT2D eigenvalue weighted by molar-refractivity contribution is 0.159. The maximum atomic E-state index is 5.05. The molecule has 5 nitrogen and oxygen atoms in total. The minimum Gasteiger partial charge on any atom is -0.303 e. The number of piperazine rings is 1. The van der Waals surface area contributed by atoms with E-state index < -0.39 is 0 Å². The van der Waals surface area contributed by atoms with E-state index in [4.69, 9.17) is 5.10 Å². The normalized spacial score (nSPS) is 19.5. The van der Waals surface area contributed by atoms with Crippen LogP contribution in [0.25, 0.3) is 0 Å². The Labute approximate surface area is 190 Å². The van der Waals surface area contributed by atoms with Crippen molar-refractivity contribution in [3.05, 3.63) is 102 Å². The molecule has 0 unspecified atom stereocenters. The van der Waals surface area contributed by atoms with E-state index in [1.54, 1.807) is 0 Å². The van der Waals surface area contributed by atoms with Crippen LogP contribution in [0.1, 0.15) is 29.2 Å². The highest BCUT2D eigenvalue weighted by molar-refractivity contribution is 6.03. The van der Waals surface area contributed by atoms with Gasteiger partial charge in [-0.1, -0.05) is 72.8 Å². The molecule has 0 saturated carbocycles. The van der Waals surface area contributed by atoms with Gasteiger partial charge >= 0.3 is 0 Å². The van der Waals surface area contributed by atoms with Crippen molar-refractivity contribution in [2.24, 2.45) is 10.2 Å². The maximum absolute atomic E-state index is 5.05. The first kappa shape index (κ1) is 20.5. The van der Waals surface area contributed by atoms with Gasteiger partial charge in [0.25, 0.3) is 0 Å². The highest BCUT2D eigenvalue weighted by atomic mass is 15.5. The Morgan fingerprint density at radius 3 is 2.16 bits per heavy atom. The molecule has 5 heteroatoms. The molecule has 0 bridgehead atoms. The van der Waals surface area contributed by atoms with Gasteiger partial charge in [-0.25, -0.2) is 0 Å². The second kappa shape index (κ2) is 9.37. The lowest BCUT2D eigenvalue weighted by Gasteiger charge is -2.30. The molecule has 0 N–H and O–H groups in total. The van der Waals surface area contributed by atoms with E-state index >= 15 is 0 Å². The molecule has 0 aliphatic carbocycles. The highest BCUT2D eigenvalue weighted by Crippen LogP contribution is 2.36. The predicted molar refractivity (Wildman–Crippen MR) is 132 cm³/mol. The molecule has 0 spiro atoms. The molecule has 3 aromatic carbocycles. The monoisotopic (exact) mass is 423 g/mol. The van der Waals surface area contributed by atoms with Crippen molar-refractivity contribution in [2.75, 3.05) is 38.2 Å². The van der Waals surface area contributed by atoms with Gasteiger partial charge in [-0.05, 0) is 35.9 Å². The summed E-state index contributed by atoms with van der Waals surface area (Å²) in [6, 6.07) is 29.9. The molecule has 3 aromatic rings. The van der Waals surface area contributed by atoms with Crippen LogP contribution in [0.3, 0.4) is 0 Å². The molecule has 2 aliphatic rings. The SMILES string of the molecule is CN1CCN(/N=C\c2ccc(N3N=C(c4ccccc4)C[C@H]3c3ccccc3)cc2)CC1. The summed E-state index contributed by atoms with van der Waals surface area (Å²) in [4.78, 5) is 2.34. The zero-order valence-corrected chi connectivity index (χ0v) is 18.5. The van der Waals surface area contributed by atoms with Crippen LogP contribution in [0, 0.1) is 0 Å². The number of hydrazone groups is 2. The van der Waals surface area contributed by atoms with Crippen molar-refractivity contribution >= 4 is 17.6 Å². The molecule has 162 valence electrons. The first-order valence-electron chi connectivity index (χ1n) is 11.3. The molecule has 2 heterocycles. The Hall–Kier alpha value is -3.44. The first-order valence-corrected chi connectivity index (χ1v) is 11.3. The largest absolute Gasteiger partial charge is 0.303 e. The summed E-state index contributed by atoms with van der Waals surface area (Å²) < 4.78 is 0. The fourth-order valence-corrected chi connectivity index (χ4v) is 4.26. The standard InChI is InChI=1S/C27H29N5/c1-30-16-18-31(19-17-30)28-21-22-12-14-25(15-13-22)32-27(24-10-6-3-7-11-24)20-26(29-32)23-8-4-2-5-9-23/h2-15,21,27H,16-20H2,1H3/b28-21-/t27-/m0/s1. The van der Waals surface area contributed by atoms with Crippen molar-refractivity contribution in [1.29, 1.82) is 0 Å². The summed E-state index contributed by atoms with van der Waals surface area (Å²) in [5, 5.41) is 14.0. The molecule has 1 saturated heterocycles. The van der Waals surface area contributed by atoms with Crippen LogP contribution in [0.15, 0.2) is 95.1 Å². The lowest BCUT2D eigenvalue weighted by Crippen LogP contribution is -2.41. The van der Waals surface area contributed by atoms with E-state index in [0.29, 0.717) is 0 Å². The third-order valence-corrected chi connectivity index (χ3v) is 6.21. The van der Waals surface area contributed by atoms with E-state index in [-0.39, 0.29) is 6.04 Å². The second-order valence-electron chi connectivity index (χ2n) is 8.48.